The number of aryl methyl sites for hydroxylation is 1. The maximum atomic E-state index is 4.31. The number of nitrogens with one attached hydrogen (secondary N) is 1. The minimum Gasteiger partial charge on any atom is -0.370 e. The van der Waals surface area contributed by atoms with E-state index in [9.17, 15) is 0 Å². The summed E-state index contributed by atoms with van der Waals surface area (Å²) in [5, 5.41) is 3.71. The van der Waals surface area contributed by atoms with Gasteiger partial charge in [0, 0.05) is 31.4 Å². The van der Waals surface area contributed by atoms with Gasteiger partial charge in [0.05, 0.1) is 11.9 Å². The van der Waals surface area contributed by atoms with Gasteiger partial charge in [-0.15, -0.1) is 0 Å². The number of aromatic nitrogens is 1. The number of rotatable bonds is 2. The minimum absolute atomic E-state index is 0.607. The van der Waals surface area contributed by atoms with Crippen LogP contribution in [0.4, 0.5) is 5.69 Å². The molecule has 2 atom stereocenters. The van der Waals surface area contributed by atoms with Gasteiger partial charge in [0.1, 0.15) is 0 Å². The van der Waals surface area contributed by atoms with Crippen LogP contribution in [-0.4, -0.2) is 30.2 Å². The molecule has 0 bridgehead atoms. The lowest BCUT2D eigenvalue weighted by molar-refractivity contribution is 0.378. The third-order valence-corrected chi connectivity index (χ3v) is 3.82. The SMILES string of the molecule is CCC1CCN(c2cncc(C)c2)CCC(C)N1. The van der Waals surface area contributed by atoms with Gasteiger partial charge in [-0.25, -0.2) is 0 Å². The standard InChI is InChI=1S/C15H25N3/c1-4-14-6-8-18(7-5-13(3)17-14)15-9-12(2)10-16-11-15/h9-11,13-14,17H,4-8H2,1-3H3. The van der Waals surface area contributed by atoms with E-state index >= 15 is 0 Å². The van der Waals surface area contributed by atoms with E-state index in [0.29, 0.717) is 12.1 Å². The Morgan fingerprint density at radius 3 is 2.83 bits per heavy atom. The highest BCUT2D eigenvalue weighted by atomic mass is 15.1. The normalized spacial score (nSPS) is 25.6. The highest BCUT2D eigenvalue weighted by molar-refractivity contribution is 5.45. The van der Waals surface area contributed by atoms with Crippen molar-refractivity contribution >= 4 is 5.69 Å². The molecule has 1 saturated heterocycles. The predicted molar refractivity (Wildman–Crippen MR) is 77.1 cm³/mol. The highest BCUT2D eigenvalue weighted by Gasteiger charge is 2.17. The van der Waals surface area contributed by atoms with Gasteiger partial charge < -0.3 is 10.2 Å². The summed E-state index contributed by atoms with van der Waals surface area (Å²) in [5.74, 6) is 0. The molecule has 0 amide bonds. The first-order chi connectivity index (χ1) is 8.69. The van der Waals surface area contributed by atoms with Gasteiger partial charge in [0.25, 0.3) is 0 Å². The largest absolute Gasteiger partial charge is 0.370 e. The van der Waals surface area contributed by atoms with E-state index in [-0.39, 0.29) is 0 Å². The molecule has 1 aromatic heterocycles. The van der Waals surface area contributed by atoms with Crippen LogP contribution in [0.1, 0.15) is 38.7 Å². The number of hydrogen-bond donors (Lipinski definition) is 1. The molecular weight excluding hydrogens is 222 g/mol. The van der Waals surface area contributed by atoms with E-state index in [1.165, 1.54) is 30.5 Å². The maximum Gasteiger partial charge on any atom is 0.0555 e. The van der Waals surface area contributed by atoms with Gasteiger partial charge in [-0.1, -0.05) is 6.92 Å². The van der Waals surface area contributed by atoms with Crippen molar-refractivity contribution in [1.82, 2.24) is 10.3 Å². The number of nitrogens with zero attached hydrogens (tertiary/aromatic N) is 2. The summed E-state index contributed by atoms with van der Waals surface area (Å²) < 4.78 is 0. The Hall–Kier alpha value is -1.09. The second-order valence-corrected chi connectivity index (χ2v) is 5.46. The van der Waals surface area contributed by atoms with E-state index in [0.717, 1.165) is 13.1 Å². The lowest BCUT2D eigenvalue weighted by Gasteiger charge is -2.33. The van der Waals surface area contributed by atoms with Crippen LogP contribution >= 0.6 is 0 Å². The summed E-state index contributed by atoms with van der Waals surface area (Å²) >= 11 is 0. The molecular formula is C15H25N3. The third kappa shape index (κ3) is 3.45. The summed E-state index contributed by atoms with van der Waals surface area (Å²) in [6, 6.07) is 3.50. The minimum atomic E-state index is 0.607. The van der Waals surface area contributed by atoms with Crippen LogP contribution in [0, 0.1) is 6.92 Å². The van der Waals surface area contributed by atoms with Crippen LogP contribution in [0.15, 0.2) is 18.5 Å². The smallest absolute Gasteiger partial charge is 0.0555 e. The van der Waals surface area contributed by atoms with Crippen LogP contribution in [0.25, 0.3) is 0 Å². The molecule has 3 heteroatoms. The Bertz CT molecular complexity index is 378. The quantitative estimate of drug-likeness (QED) is 0.871. The molecule has 2 unspecified atom stereocenters. The topological polar surface area (TPSA) is 28.2 Å². The van der Waals surface area contributed by atoms with Gasteiger partial charge in [-0.2, -0.15) is 0 Å². The molecule has 100 valence electrons. The Labute approximate surface area is 111 Å². The predicted octanol–water partition coefficient (Wildman–Crippen LogP) is 2.75. The summed E-state index contributed by atoms with van der Waals surface area (Å²) in [7, 11) is 0. The van der Waals surface area contributed by atoms with Crippen LogP contribution in [0.5, 0.6) is 0 Å². The van der Waals surface area contributed by atoms with E-state index < -0.39 is 0 Å². The van der Waals surface area contributed by atoms with Crippen LogP contribution < -0.4 is 10.2 Å². The van der Waals surface area contributed by atoms with Gasteiger partial charge in [0.2, 0.25) is 0 Å². The average molecular weight is 247 g/mol. The summed E-state index contributed by atoms with van der Waals surface area (Å²) in [6.07, 6.45) is 7.55. The van der Waals surface area contributed by atoms with Crippen LogP contribution in [-0.2, 0) is 0 Å². The average Bonchev–Trinajstić information content (AvgIpc) is 2.34. The van der Waals surface area contributed by atoms with Crippen molar-refractivity contribution in [2.24, 2.45) is 0 Å². The molecule has 1 aliphatic rings. The van der Waals surface area contributed by atoms with Crippen molar-refractivity contribution in [2.45, 2.75) is 52.1 Å². The molecule has 18 heavy (non-hydrogen) atoms. The second kappa shape index (κ2) is 6.19. The number of anilines is 1. The molecule has 1 N–H and O–H groups in total. The molecule has 1 aromatic rings. The van der Waals surface area contributed by atoms with Crippen LogP contribution in [0.3, 0.4) is 0 Å². The second-order valence-electron chi connectivity index (χ2n) is 5.46. The molecule has 0 spiro atoms. The fourth-order valence-corrected chi connectivity index (χ4v) is 2.63. The Balaban J connectivity index is 2.08. The fourth-order valence-electron chi connectivity index (χ4n) is 2.63. The monoisotopic (exact) mass is 247 g/mol. The zero-order chi connectivity index (χ0) is 13.0. The van der Waals surface area contributed by atoms with Crippen molar-refractivity contribution in [2.75, 3.05) is 18.0 Å². The van der Waals surface area contributed by atoms with E-state index in [1.807, 2.05) is 12.4 Å². The first-order valence-electron chi connectivity index (χ1n) is 7.11. The molecule has 0 radical (unpaired) electrons. The van der Waals surface area contributed by atoms with E-state index in [4.69, 9.17) is 0 Å². The molecule has 3 nitrogen and oxygen atoms in total. The maximum absolute atomic E-state index is 4.31. The van der Waals surface area contributed by atoms with E-state index in [2.05, 4.69) is 42.0 Å². The van der Waals surface area contributed by atoms with Crippen LogP contribution in [0.2, 0.25) is 0 Å². The van der Waals surface area contributed by atoms with Gasteiger partial charge in [0.15, 0.2) is 0 Å². The Morgan fingerprint density at radius 2 is 2.11 bits per heavy atom. The molecule has 0 saturated carbocycles. The Kier molecular flexibility index (Phi) is 4.59. The zero-order valence-electron chi connectivity index (χ0n) is 11.8. The van der Waals surface area contributed by atoms with E-state index in [1.54, 1.807) is 0 Å². The summed E-state index contributed by atoms with van der Waals surface area (Å²) in [6.45, 7) is 8.92. The summed E-state index contributed by atoms with van der Waals surface area (Å²) in [5.41, 5.74) is 2.52. The lowest BCUT2D eigenvalue weighted by Crippen LogP contribution is -2.44. The third-order valence-electron chi connectivity index (χ3n) is 3.82. The lowest BCUT2D eigenvalue weighted by atomic mass is 10.1. The fraction of sp³-hybridized carbons (Fsp3) is 0.667. The van der Waals surface area contributed by atoms with Crippen molar-refractivity contribution in [3.8, 4) is 0 Å². The van der Waals surface area contributed by atoms with Gasteiger partial charge in [-0.05, 0) is 44.7 Å². The van der Waals surface area contributed by atoms with Gasteiger partial charge in [-0.3, -0.25) is 4.98 Å². The molecule has 1 aliphatic heterocycles. The van der Waals surface area contributed by atoms with Crippen molar-refractivity contribution in [3.63, 3.8) is 0 Å². The number of pyridine rings is 1. The first-order valence-corrected chi connectivity index (χ1v) is 7.11. The molecule has 0 aliphatic carbocycles. The zero-order valence-corrected chi connectivity index (χ0v) is 11.8. The van der Waals surface area contributed by atoms with Crippen molar-refractivity contribution in [3.05, 3.63) is 24.0 Å². The molecule has 2 heterocycles. The number of hydrogen-bond acceptors (Lipinski definition) is 3. The molecule has 2 rings (SSSR count). The summed E-state index contributed by atoms with van der Waals surface area (Å²) in [4.78, 5) is 6.80. The van der Waals surface area contributed by atoms with Crippen molar-refractivity contribution in [1.29, 1.82) is 0 Å². The highest BCUT2D eigenvalue weighted by Crippen LogP contribution is 2.18. The molecule has 1 fully saturated rings. The Morgan fingerprint density at radius 1 is 1.33 bits per heavy atom. The van der Waals surface area contributed by atoms with Crippen molar-refractivity contribution < 1.29 is 0 Å². The first kappa shape index (κ1) is 13.3. The molecule has 0 aromatic carbocycles. The van der Waals surface area contributed by atoms with Gasteiger partial charge >= 0.3 is 0 Å².